The van der Waals surface area contributed by atoms with Crippen molar-refractivity contribution in [1.82, 2.24) is 14.7 Å². The highest BCUT2D eigenvalue weighted by atomic mass is 16.2. The lowest BCUT2D eigenvalue weighted by Gasteiger charge is -2.23. The van der Waals surface area contributed by atoms with Crippen molar-refractivity contribution < 1.29 is 4.79 Å². The van der Waals surface area contributed by atoms with E-state index < -0.39 is 0 Å². The molecule has 0 bridgehead atoms. The Kier molecular flexibility index (Phi) is 5.54. The van der Waals surface area contributed by atoms with Crippen LogP contribution in [0.4, 0.5) is 5.69 Å². The molecule has 1 atom stereocenters. The molecular weight excluding hydrogens is 240 g/mol. The normalized spacial score (nSPS) is 12.8. The van der Waals surface area contributed by atoms with E-state index >= 15 is 0 Å². The van der Waals surface area contributed by atoms with Crippen molar-refractivity contribution in [3.63, 3.8) is 0 Å². The molecule has 1 aromatic rings. The van der Waals surface area contributed by atoms with Crippen molar-refractivity contribution in [2.75, 3.05) is 18.9 Å². The Morgan fingerprint density at radius 1 is 1.47 bits per heavy atom. The molecule has 1 rings (SSSR count). The van der Waals surface area contributed by atoms with Crippen LogP contribution in [-0.4, -0.2) is 40.2 Å². The number of anilines is 1. The third-order valence-electron chi connectivity index (χ3n) is 3.66. The Hall–Kier alpha value is -1.36. The Balaban J connectivity index is 2.68. The fraction of sp³-hybridized carbons (Fsp3) is 0.714. The summed E-state index contributed by atoms with van der Waals surface area (Å²) in [4.78, 5) is 14.3. The van der Waals surface area contributed by atoms with Gasteiger partial charge < -0.3 is 5.32 Å². The molecular formula is C14H26N4O. The maximum Gasteiger partial charge on any atom is 0.241 e. The van der Waals surface area contributed by atoms with Crippen LogP contribution >= 0.6 is 0 Å². The van der Waals surface area contributed by atoms with Crippen molar-refractivity contribution in [2.45, 2.75) is 46.6 Å². The number of rotatable bonds is 6. The largest absolute Gasteiger partial charge is 0.322 e. The van der Waals surface area contributed by atoms with Gasteiger partial charge in [0.05, 0.1) is 23.1 Å². The molecule has 0 fully saturated rings. The molecule has 0 aliphatic heterocycles. The number of carbonyl (C=O) groups is 1. The van der Waals surface area contributed by atoms with Crippen molar-refractivity contribution in [3.05, 3.63) is 11.4 Å². The molecule has 19 heavy (non-hydrogen) atoms. The second-order valence-corrected chi connectivity index (χ2v) is 5.17. The Morgan fingerprint density at radius 2 is 2.11 bits per heavy atom. The summed E-state index contributed by atoms with van der Waals surface area (Å²) in [5, 5.41) is 7.30. The summed E-state index contributed by atoms with van der Waals surface area (Å²) in [5.41, 5.74) is 2.68. The Bertz CT molecular complexity index is 439. The third kappa shape index (κ3) is 3.80. The van der Waals surface area contributed by atoms with Crippen molar-refractivity contribution in [3.8, 4) is 0 Å². The van der Waals surface area contributed by atoms with Gasteiger partial charge in [-0.2, -0.15) is 5.10 Å². The SMILES string of the molecule is CCCCN(C)C(C)C(=O)Nc1c(C)nn(C)c1C. The van der Waals surface area contributed by atoms with Crippen LogP contribution < -0.4 is 5.32 Å². The van der Waals surface area contributed by atoms with Crippen molar-refractivity contribution in [1.29, 1.82) is 0 Å². The van der Waals surface area contributed by atoms with Gasteiger partial charge in [0.15, 0.2) is 0 Å². The molecule has 0 saturated heterocycles. The maximum absolute atomic E-state index is 12.2. The number of unbranched alkanes of at least 4 members (excludes halogenated alkanes) is 1. The molecule has 0 spiro atoms. The zero-order valence-corrected chi connectivity index (χ0v) is 12.9. The quantitative estimate of drug-likeness (QED) is 0.858. The third-order valence-corrected chi connectivity index (χ3v) is 3.66. The molecule has 1 heterocycles. The smallest absolute Gasteiger partial charge is 0.241 e. The van der Waals surface area contributed by atoms with Gasteiger partial charge in [0.2, 0.25) is 5.91 Å². The average molecular weight is 266 g/mol. The van der Waals surface area contributed by atoms with Crippen LogP contribution in [0.3, 0.4) is 0 Å². The lowest BCUT2D eigenvalue weighted by Crippen LogP contribution is -2.40. The summed E-state index contributed by atoms with van der Waals surface area (Å²) in [6, 6.07) is -0.134. The molecule has 1 aromatic heterocycles. The Labute approximate surface area is 116 Å². The van der Waals surface area contributed by atoms with E-state index in [9.17, 15) is 4.79 Å². The summed E-state index contributed by atoms with van der Waals surface area (Å²) < 4.78 is 1.79. The topological polar surface area (TPSA) is 50.2 Å². The number of likely N-dealkylation sites (N-methyl/N-ethyl adjacent to an activating group) is 1. The minimum atomic E-state index is -0.134. The van der Waals surface area contributed by atoms with Crippen LogP contribution in [0.25, 0.3) is 0 Å². The van der Waals surface area contributed by atoms with Crippen LogP contribution in [-0.2, 0) is 11.8 Å². The maximum atomic E-state index is 12.2. The lowest BCUT2D eigenvalue weighted by molar-refractivity contribution is -0.120. The Morgan fingerprint density at radius 3 is 2.58 bits per heavy atom. The van der Waals surface area contributed by atoms with E-state index in [1.807, 2.05) is 34.9 Å². The molecule has 1 unspecified atom stereocenters. The minimum absolute atomic E-state index is 0.0257. The zero-order valence-electron chi connectivity index (χ0n) is 12.9. The van der Waals surface area contributed by atoms with Gasteiger partial charge in [-0.15, -0.1) is 0 Å². The first-order valence-electron chi connectivity index (χ1n) is 6.89. The number of aryl methyl sites for hydroxylation is 2. The minimum Gasteiger partial charge on any atom is -0.322 e. The van der Waals surface area contributed by atoms with E-state index in [0.717, 1.165) is 36.5 Å². The molecule has 1 N–H and O–H groups in total. The molecule has 1 amide bonds. The number of hydrogen-bond donors (Lipinski definition) is 1. The van der Waals surface area contributed by atoms with E-state index in [0.29, 0.717) is 0 Å². The molecule has 108 valence electrons. The summed E-state index contributed by atoms with van der Waals surface area (Å²) in [6.07, 6.45) is 2.25. The number of nitrogens with one attached hydrogen (secondary N) is 1. The van der Waals surface area contributed by atoms with Crippen LogP contribution in [0.1, 0.15) is 38.1 Å². The van der Waals surface area contributed by atoms with Gasteiger partial charge in [0.25, 0.3) is 0 Å². The van der Waals surface area contributed by atoms with Gasteiger partial charge in [-0.3, -0.25) is 14.4 Å². The number of hydrogen-bond acceptors (Lipinski definition) is 3. The summed E-state index contributed by atoms with van der Waals surface area (Å²) in [5.74, 6) is 0.0257. The second kappa shape index (κ2) is 6.70. The second-order valence-electron chi connectivity index (χ2n) is 5.17. The molecule has 0 aliphatic rings. The monoisotopic (exact) mass is 266 g/mol. The molecule has 5 heteroatoms. The van der Waals surface area contributed by atoms with Crippen LogP contribution in [0, 0.1) is 13.8 Å². The number of carbonyl (C=O) groups excluding carboxylic acids is 1. The predicted octanol–water partition coefficient (Wildman–Crippen LogP) is 2.10. The molecule has 0 aromatic carbocycles. The summed E-state index contributed by atoms with van der Waals surface area (Å²) >= 11 is 0. The first-order valence-corrected chi connectivity index (χ1v) is 6.89. The van der Waals surface area contributed by atoms with E-state index in [2.05, 4.69) is 22.2 Å². The number of nitrogens with zero attached hydrogens (tertiary/aromatic N) is 3. The summed E-state index contributed by atoms with van der Waals surface area (Å²) in [7, 11) is 3.87. The molecule has 0 aliphatic carbocycles. The van der Waals surface area contributed by atoms with Gasteiger partial charge >= 0.3 is 0 Å². The number of aromatic nitrogens is 2. The highest BCUT2D eigenvalue weighted by molar-refractivity contribution is 5.95. The van der Waals surface area contributed by atoms with Gasteiger partial charge in [0, 0.05) is 7.05 Å². The molecule has 5 nitrogen and oxygen atoms in total. The highest BCUT2D eigenvalue weighted by Crippen LogP contribution is 2.18. The first kappa shape index (κ1) is 15.7. The van der Waals surface area contributed by atoms with Gasteiger partial charge in [-0.1, -0.05) is 13.3 Å². The van der Waals surface area contributed by atoms with Gasteiger partial charge in [-0.05, 0) is 40.8 Å². The number of amides is 1. The fourth-order valence-electron chi connectivity index (χ4n) is 1.98. The van der Waals surface area contributed by atoms with E-state index in [4.69, 9.17) is 0 Å². The van der Waals surface area contributed by atoms with E-state index in [-0.39, 0.29) is 11.9 Å². The fourth-order valence-corrected chi connectivity index (χ4v) is 1.98. The molecule has 0 saturated carbocycles. The van der Waals surface area contributed by atoms with Gasteiger partial charge in [0.1, 0.15) is 0 Å². The zero-order chi connectivity index (χ0) is 14.6. The van der Waals surface area contributed by atoms with E-state index in [1.165, 1.54) is 0 Å². The van der Waals surface area contributed by atoms with Crippen LogP contribution in [0.2, 0.25) is 0 Å². The lowest BCUT2D eigenvalue weighted by atomic mass is 10.2. The highest BCUT2D eigenvalue weighted by Gasteiger charge is 2.20. The predicted molar refractivity (Wildman–Crippen MR) is 78.3 cm³/mol. The van der Waals surface area contributed by atoms with Crippen molar-refractivity contribution in [2.24, 2.45) is 7.05 Å². The standard InChI is InChI=1S/C14H26N4O/c1-7-8-9-17(5)12(4)14(19)15-13-10(2)16-18(6)11(13)3/h12H,7-9H2,1-6H3,(H,15,19). The summed E-state index contributed by atoms with van der Waals surface area (Å²) in [6.45, 7) is 8.90. The van der Waals surface area contributed by atoms with Crippen LogP contribution in [0.5, 0.6) is 0 Å². The van der Waals surface area contributed by atoms with Crippen LogP contribution in [0.15, 0.2) is 0 Å². The van der Waals surface area contributed by atoms with Crippen molar-refractivity contribution >= 4 is 11.6 Å². The molecule has 0 radical (unpaired) electrons. The van der Waals surface area contributed by atoms with E-state index in [1.54, 1.807) is 4.68 Å². The average Bonchev–Trinajstić information content (AvgIpc) is 2.61. The van der Waals surface area contributed by atoms with Gasteiger partial charge in [-0.25, -0.2) is 0 Å². The first-order chi connectivity index (χ1) is 8.88.